The molecule has 0 atom stereocenters. The van der Waals surface area contributed by atoms with Crippen LogP contribution in [-0.4, -0.2) is 29.4 Å². The van der Waals surface area contributed by atoms with Gasteiger partial charge in [-0.3, -0.25) is 0 Å². The third-order valence-corrected chi connectivity index (χ3v) is 3.17. The summed E-state index contributed by atoms with van der Waals surface area (Å²) in [4.78, 5) is 2.12. The van der Waals surface area contributed by atoms with Crippen LogP contribution in [0.5, 0.6) is 0 Å². The number of hydrogen-bond donors (Lipinski definition) is 2. The number of rotatable bonds is 2. The second-order valence-electron chi connectivity index (χ2n) is 4.34. The second-order valence-corrected chi connectivity index (χ2v) is 4.34. The highest BCUT2D eigenvalue weighted by Crippen LogP contribution is 2.25. The molecular weight excluding hydrogens is 216 g/mol. The summed E-state index contributed by atoms with van der Waals surface area (Å²) in [5.74, 6) is 0. The Balaban J connectivity index is 2.23. The van der Waals surface area contributed by atoms with E-state index < -0.39 is 0 Å². The van der Waals surface area contributed by atoms with E-state index in [0.717, 1.165) is 37.2 Å². The van der Waals surface area contributed by atoms with Crippen molar-refractivity contribution in [1.82, 2.24) is 0 Å². The fourth-order valence-corrected chi connectivity index (χ4v) is 2.15. The molecule has 1 aromatic carbocycles. The van der Waals surface area contributed by atoms with Crippen molar-refractivity contribution in [3.05, 3.63) is 29.3 Å². The number of hydrogen-bond acceptors (Lipinski definition) is 4. The Morgan fingerprint density at radius 1 is 1.35 bits per heavy atom. The van der Waals surface area contributed by atoms with Crippen molar-refractivity contribution < 1.29 is 10.2 Å². The summed E-state index contributed by atoms with van der Waals surface area (Å²) >= 11 is 0. The van der Waals surface area contributed by atoms with Gasteiger partial charge in [-0.15, -0.1) is 0 Å². The Bertz CT molecular complexity index is 432. The van der Waals surface area contributed by atoms with Gasteiger partial charge in [0.2, 0.25) is 0 Å². The number of nitriles is 1. The first-order valence-corrected chi connectivity index (χ1v) is 5.81. The molecule has 0 bridgehead atoms. The molecule has 0 radical (unpaired) electrons. The van der Waals surface area contributed by atoms with E-state index in [9.17, 15) is 5.11 Å². The molecular formula is C13H16N2O2. The zero-order valence-corrected chi connectivity index (χ0v) is 9.63. The van der Waals surface area contributed by atoms with E-state index in [1.807, 2.05) is 12.1 Å². The van der Waals surface area contributed by atoms with E-state index in [4.69, 9.17) is 10.4 Å². The zero-order valence-electron chi connectivity index (χ0n) is 9.63. The maximum absolute atomic E-state index is 9.46. The minimum absolute atomic E-state index is 0.0479. The number of piperidine rings is 1. The van der Waals surface area contributed by atoms with Crippen molar-refractivity contribution in [1.29, 1.82) is 5.26 Å². The van der Waals surface area contributed by atoms with Crippen LogP contribution in [0.25, 0.3) is 0 Å². The van der Waals surface area contributed by atoms with Crippen LogP contribution in [0, 0.1) is 11.3 Å². The number of aliphatic hydroxyl groups excluding tert-OH is 2. The fourth-order valence-electron chi connectivity index (χ4n) is 2.15. The molecule has 1 fully saturated rings. The molecule has 0 saturated carbocycles. The zero-order chi connectivity index (χ0) is 12.3. The standard InChI is InChI=1S/C13H16N2O2/c14-8-11-7-10(9-16)1-2-13(11)15-5-3-12(17)4-6-15/h1-2,7,12,16-17H,3-6,9H2. The van der Waals surface area contributed by atoms with Crippen LogP contribution < -0.4 is 4.90 Å². The van der Waals surface area contributed by atoms with Crippen LogP contribution >= 0.6 is 0 Å². The SMILES string of the molecule is N#Cc1cc(CO)ccc1N1CCC(O)CC1. The molecule has 17 heavy (non-hydrogen) atoms. The van der Waals surface area contributed by atoms with Gasteiger partial charge in [0.25, 0.3) is 0 Å². The Morgan fingerprint density at radius 3 is 2.65 bits per heavy atom. The lowest BCUT2D eigenvalue weighted by atomic mass is 10.0. The monoisotopic (exact) mass is 232 g/mol. The van der Waals surface area contributed by atoms with Gasteiger partial charge in [0, 0.05) is 13.1 Å². The highest BCUT2D eigenvalue weighted by atomic mass is 16.3. The number of benzene rings is 1. The van der Waals surface area contributed by atoms with Crippen molar-refractivity contribution in [2.24, 2.45) is 0 Å². The smallest absolute Gasteiger partial charge is 0.101 e. The van der Waals surface area contributed by atoms with Crippen LogP contribution in [0.2, 0.25) is 0 Å². The third kappa shape index (κ3) is 2.57. The average Bonchev–Trinajstić information content (AvgIpc) is 2.39. The summed E-state index contributed by atoms with van der Waals surface area (Å²) < 4.78 is 0. The number of anilines is 1. The summed E-state index contributed by atoms with van der Waals surface area (Å²) in [5.41, 5.74) is 2.24. The molecule has 1 aromatic rings. The molecule has 1 heterocycles. The van der Waals surface area contributed by atoms with E-state index in [1.165, 1.54) is 0 Å². The summed E-state index contributed by atoms with van der Waals surface area (Å²) in [6, 6.07) is 7.60. The van der Waals surface area contributed by atoms with Crippen LogP contribution in [-0.2, 0) is 6.61 Å². The van der Waals surface area contributed by atoms with E-state index in [1.54, 1.807) is 6.07 Å². The summed E-state index contributed by atoms with van der Waals surface area (Å²) in [5, 5.41) is 27.6. The molecule has 90 valence electrons. The first kappa shape index (κ1) is 11.9. The van der Waals surface area contributed by atoms with Crippen molar-refractivity contribution in [3.63, 3.8) is 0 Å². The maximum Gasteiger partial charge on any atom is 0.101 e. The summed E-state index contributed by atoms with van der Waals surface area (Å²) in [6.07, 6.45) is 1.27. The molecule has 1 aliphatic rings. The maximum atomic E-state index is 9.46. The lowest BCUT2D eigenvalue weighted by Crippen LogP contribution is -2.36. The predicted molar refractivity (Wildman–Crippen MR) is 64.5 cm³/mol. The first-order chi connectivity index (χ1) is 8.24. The normalized spacial score (nSPS) is 16.9. The largest absolute Gasteiger partial charge is 0.393 e. The van der Waals surface area contributed by atoms with E-state index in [0.29, 0.717) is 5.56 Å². The molecule has 0 amide bonds. The van der Waals surface area contributed by atoms with Crippen LogP contribution in [0.4, 0.5) is 5.69 Å². The topological polar surface area (TPSA) is 67.5 Å². The van der Waals surface area contributed by atoms with Crippen molar-refractivity contribution in [3.8, 4) is 6.07 Å². The van der Waals surface area contributed by atoms with Gasteiger partial charge >= 0.3 is 0 Å². The Hall–Kier alpha value is -1.57. The molecule has 0 unspecified atom stereocenters. The van der Waals surface area contributed by atoms with E-state index >= 15 is 0 Å². The van der Waals surface area contributed by atoms with Gasteiger partial charge in [-0.2, -0.15) is 5.26 Å². The van der Waals surface area contributed by atoms with Crippen LogP contribution in [0.3, 0.4) is 0 Å². The Kier molecular flexibility index (Phi) is 3.62. The number of aliphatic hydroxyl groups is 2. The average molecular weight is 232 g/mol. The van der Waals surface area contributed by atoms with Gasteiger partial charge in [0.05, 0.1) is 24.0 Å². The highest BCUT2D eigenvalue weighted by Gasteiger charge is 2.19. The summed E-state index contributed by atoms with van der Waals surface area (Å²) in [6.45, 7) is 1.50. The molecule has 1 aliphatic heterocycles. The van der Waals surface area contributed by atoms with Crippen LogP contribution in [0.15, 0.2) is 18.2 Å². The molecule has 4 heteroatoms. The van der Waals surface area contributed by atoms with E-state index in [2.05, 4.69) is 11.0 Å². The minimum Gasteiger partial charge on any atom is -0.393 e. The molecule has 0 spiro atoms. The van der Waals surface area contributed by atoms with Crippen molar-refractivity contribution >= 4 is 5.69 Å². The van der Waals surface area contributed by atoms with E-state index in [-0.39, 0.29) is 12.7 Å². The quantitative estimate of drug-likeness (QED) is 0.798. The van der Waals surface area contributed by atoms with Gasteiger partial charge in [0.1, 0.15) is 6.07 Å². The summed E-state index contributed by atoms with van der Waals surface area (Å²) in [7, 11) is 0. The fraction of sp³-hybridized carbons (Fsp3) is 0.462. The lowest BCUT2D eigenvalue weighted by molar-refractivity contribution is 0.145. The molecule has 0 aromatic heterocycles. The molecule has 4 nitrogen and oxygen atoms in total. The number of nitrogens with zero attached hydrogens (tertiary/aromatic N) is 2. The minimum atomic E-state index is -0.214. The molecule has 0 aliphatic carbocycles. The predicted octanol–water partition coefficient (Wildman–Crippen LogP) is 1.01. The molecule has 1 saturated heterocycles. The van der Waals surface area contributed by atoms with Gasteiger partial charge < -0.3 is 15.1 Å². The van der Waals surface area contributed by atoms with Crippen molar-refractivity contribution in [2.75, 3.05) is 18.0 Å². The Morgan fingerprint density at radius 2 is 2.06 bits per heavy atom. The van der Waals surface area contributed by atoms with Gasteiger partial charge in [0.15, 0.2) is 0 Å². The van der Waals surface area contributed by atoms with Gasteiger partial charge in [-0.1, -0.05) is 6.07 Å². The van der Waals surface area contributed by atoms with Crippen molar-refractivity contribution in [2.45, 2.75) is 25.6 Å². The third-order valence-electron chi connectivity index (χ3n) is 3.17. The highest BCUT2D eigenvalue weighted by molar-refractivity contribution is 5.60. The van der Waals surface area contributed by atoms with Gasteiger partial charge in [-0.05, 0) is 30.5 Å². The van der Waals surface area contributed by atoms with Crippen LogP contribution in [0.1, 0.15) is 24.0 Å². The lowest BCUT2D eigenvalue weighted by Gasteiger charge is -2.32. The van der Waals surface area contributed by atoms with Gasteiger partial charge in [-0.25, -0.2) is 0 Å². The molecule has 2 rings (SSSR count). The Labute approximate surface area is 101 Å². The first-order valence-electron chi connectivity index (χ1n) is 5.81. The second kappa shape index (κ2) is 5.17. The molecule has 2 N–H and O–H groups in total.